The number of nitrogens with one attached hydrogen (secondary N) is 5. The maximum Gasteiger partial charge on any atom is 0.213 e. The third kappa shape index (κ3) is 667. The van der Waals surface area contributed by atoms with Crippen molar-refractivity contribution < 1.29 is 17.9 Å². The van der Waals surface area contributed by atoms with Crippen molar-refractivity contribution >= 4 is 34.4 Å². The maximum absolute atomic E-state index is 4.47. The summed E-state index contributed by atoms with van der Waals surface area (Å²) in [4.78, 5) is 24.3. The predicted molar refractivity (Wildman–Crippen MR) is 592 cm³/mol. The van der Waals surface area contributed by atoms with Crippen molar-refractivity contribution in [2.45, 2.75) is 415 Å². The van der Waals surface area contributed by atoms with Crippen molar-refractivity contribution in [3.63, 3.8) is 0 Å². The second-order valence-corrected chi connectivity index (χ2v) is 30.7. The van der Waals surface area contributed by atoms with E-state index in [0.717, 1.165) is 71.0 Å². The molecule has 0 aliphatic carbocycles. The molecule has 28 nitrogen and oxygen atoms in total. The van der Waals surface area contributed by atoms with Crippen LogP contribution in [0.3, 0.4) is 0 Å². The first kappa shape index (κ1) is 187. The fourth-order valence-electron chi connectivity index (χ4n) is 2.00. The first-order valence-electron chi connectivity index (χ1n) is 48.3. The van der Waals surface area contributed by atoms with E-state index in [0.29, 0.717) is 0 Å². The lowest BCUT2D eigenvalue weighted by Gasteiger charge is -1.79. The number of imidazole rings is 1. The Hall–Kier alpha value is -8.71. The van der Waals surface area contributed by atoms with Crippen LogP contribution in [0, 0.1) is 71.0 Å². The Morgan fingerprint density at radius 2 is 0.667 bits per heavy atom. The van der Waals surface area contributed by atoms with Crippen molar-refractivity contribution in [3.05, 3.63) is 178 Å². The number of hydrogen-bond donors (Lipinski definition) is 5. The molecule has 792 valence electrons. The van der Waals surface area contributed by atoms with Gasteiger partial charge >= 0.3 is 0 Å². The predicted octanol–water partition coefficient (Wildman–Crippen LogP) is 36.2. The van der Waals surface area contributed by atoms with E-state index in [-0.39, 0.29) is 0 Å². The molecular weight excluding hydrogens is 1710 g/mol. The molecule has 0 radical (unpaired) electrons. The maximum atomic E-state index is 4.47. The van der Waals surface area contributed by atoms with Crippen molar-refractivity contribution in [1.82, 2.24) is 121 Å². The van der Waals surface area contributed by atoms with E-state index in [9.17, 15) is 0 Å². The Bertz CT molecular complexity index is 1830. The van der Waals surface area contributed by atoms with E-state index in [1.807, 2.05) is 189 Å². The summed E-state index contributed by atoms with van der Waals surface area (Å²) in [6.45, 7) is 126. The summed E-state index contributed by atoms with van der Waals surface area (Å²) < 4.78 is 24.8. The molecule has 0 fully saturated rings. The third-order valence-electron chi connectivity index (χ3n) is 3.98. The van der Waals surface area contributed by atoms with Crippen LogP contribution in [0.5, 0.6) is 0 Å². The van der Waals surface area contributed by atoms with Gasteiger partial charge in [-0.25, -0.2) is 29.3 Å². The topological polar surface area (TPSA) is 376 Å². The number of thiazole rings is 1. The van der Waals surface area contributed by atoms with E-state index < -0.39 is 0 Å². The molecule has 0 aromatic carbocycles. The molecule has 132 heavy (non-hydrogen) atoms. The van der Waals surface area contributed by atoms with Crippen LogP contribution in [0.1, 0.15) is 415 Å². The zero-order valence-corrected chi connectivity index (χ0v) is 100.0. The highest BCUT2D eigenvalue weighted by Gasteiger charge is 1.75. The minimum Gasteiger partial charge on any atom is -0.452 e. The van der Waals surface area contributed by atoms with Crippen LogP contribution >= 0.6 is 34.4 Å². The van der Waals surface area contributed by atoms with Gasteiger partial charge < -0.3 is 22.9 Å². The molecule has 12 aromatic heterocycles. The summed E-state index contributed by atoms with van der Waals surface area (Å²) in [5.74, 6) is 10.0. The zero-order valence-electron chi connectivity index (χ0n) is 97.5. The zero-order chi connectivity index (χ0) is 109. The van der Waals surface area contributed by atoms with Gasteiger partial charge in [0.05, 0.1) is 36.6 Å². The SMILES string of the molecule is CC.CC.CC.CC.CC.CC.CC.CC.CC.CC.CC.CC.CC(C)C.CC(C)C.CC(C)C.CC(C)C.CC(C)C.CC(C)C.CC(C)C.CC(C)C.CC(C)C.CC(C)C.CC(C)C.CC(C)C.c1c[nH]cn1.c1cn[nH]c1.c1cn[nH]n1.c1cnoc1.c1cnsc1.c1cocn1.c1cscn1.c1nc[nH]n1.c1ncon1.c1ncsn1.c1nn[nH]n1.c1nnco1. The van der Waals surface area contributed by atoms with E-state index in [1.165, 1.54) is 92.8 Å². The summed E-state index contributed by atoms with van der Waals surface area (Å²) in [5.41, 5.74) is 3.47. The minimum atomic E-state index is 0.833. The summed E-state index contributed by atoms with van der Waals surface area (Å²) in [5, 5.41) is 50.8. The van der Waals surface area contributed by atoms with Crippen LogP contribution in [0.2, 0.25) is 0 Å². The van der Waals surface area contributed by atoms with Gasteiger partial charge in [-0.3, -0.25) is 15.2 Å². The number of nitrogens with zero attached hydrogens (tertiary/aromatic N) is 19. The molecule has 0 unspecified atom stereocenters. The lowest BCUT2D eigenvalue weighted by molar-refractivity contribution is 0.416. The van der Waals surface area contributed by atoms with Crippen LogP contribution in [0.15, 0.2) is 196 Å². The Kier molecular flexibility index (Phi) is 335. The van der Waals surface area contributed by atoms with Gasteiger partial charge in [0.2, 0.25) is 19.2 Å². The Morgan fingerprint density at radius 1 is 0.242 bits per heavy atom. The lowest BCUT2D eigenvalue weighted by atomic mass is 10.3. The highest BCUT2D eigenvalue weighted by Crippen LogP contribution is 1.89. The van der Waals surface area contributed by atoms with Crippen LogP contribution < -0.4 is 0 Å². The van der Waals surface area contributed by atoms with Crippen LogP contribution in [-0.2, 0) is 0 Å². The normalized spacial score (nSPS) is 7.45. The summed E-state index contributed by atoms with van der Waals surface area (Å²) in [6, 6.07) is 5.46. The number of aromatic nitrogens is 24. The fourth-order valence-corrected chi connectivity index (χ4v) is 2.98. The van der Waals surface area contributed by atoms with Gasteiger partial charge in [-0.2, -0.15) is 35.2 Å². The van der Waals surface area contributed by atoms with Gasteiger partial charge in [0.15, 0.2) is 19.0 Å². The molecule has 0 saturated carbocycles. The lowest BCUT2D eigenvalue weighted by Crippen LogP contribution is -1.66. The molecule has 0 bridgehead atoms. The summed E-state index contributed by atoms with van der Waals surface area (Å²) in [6.07, 6.45) is 33.7. The Balaban J connectivity index is -0.0000000415. The van der Waals surface area contributed by atoms with E-state index in [4.69, 9.17) is 0 Å². The molecule has 0 aliphatic rings. The average molecular weight is 1940 g/mol. The van der Waals surface area contributed by atoms with Crippen LogP contribution in [0.4, 0.5) is 0 Å². The quantitative estimate of drug-likeness (QED) is 0.0941. The van der Waals surface area contributed by atoms with E-state index in [2.05, 4.69) is 388 Å². The molecule has 5 N–H and O–H groups in total. The van der Waals surface area contributed by atoms with Crippen molar-refractivity contribution in [3.8, 4) is 0 Å². The van der Waals surface area contributed by atoms with Crippen molar-refractivity contribution in [2.75, 3.05) is 0 Å². The number of H-pyrrole nitrogens is 5. The van der Waals surface area contributed by atoms with Crippen molar-refractivity contribution in [2.24, 2.45) is 71.0 Å². The molecule has 12 heterocycles. The van der Waals surface area contributed by atoms with Crippen LogP contribution in [0.25, 0.3) is 0 Å². The Morgan fingerprint density at radius 3 is 0.758 bits per heavy atom. The number of tetrazole rings is 1. The van der Waals surface area contributed by atoms with Gasteiger partial charge in [-0.1, -0.05) is 431 Å². The summed E-state index contributed by atoms with van der Waals surface area (Å²) in [7, 11) is 0. The minimum absolute atomic E-state index is 0.833. The monoisotopic (exact) mass is 1940 g/mol. The molecule has 0 atom stereocenters. The highest BCUT2D eigenvalue weighted by atomic mass is 32.1. The van der Waals surface area contributed by atoms with Crippen molar-refractivity contribution in [1.29, 1.82) is 0 Å². The fraction of sp³-hybridized carbons (Fsp3) is 0.713. The van der Waals surface area contributed by atoms with Crippen LogP contribution in [-0.4, -0.2) is 121 Å². The molecule has 0 spiro atoms. The molecule has 0 aliphatic heterocycles. The molecule has 0 saturated heterocycles. The van der Waals surface area contributed by atoms with Gasteiger partial charge in [0.1, 0.15) is 37.0 Å². The third-order valence-corrected chi connectivity index (χ3v) is 5.46. The largest absolute Gasteiger partial charge is 0.452 e. The second kappa shape index (κ2) is 236. The molecule has 0 amide bonds. The number of oxazole rings is 1. The standard InChI is InChI=1S/12C4H10.2C3H4N2.2C3H3NO.2C3H3NS.2C2H3N3.2C2H2N2O.C2H2N2S.12C2H6.CH2N4/c12*1-4(2)3;1-2-5-3-4-1;1-2-4-5-3-1;1-2-5-3-4-1;1-2-4-5-3-1;1-2-5-3-4-1;1-2-4-5-3-1;1-3-2-5-4-1;1-2-4-5-3-1;1-3-4-2-5-1;2*1-3-2-5-4-1;12*1-2;1-2-4-5-3-1/h12*4H,1-3H3;2*1-3H,(H,4,5);4*1-3H;2*1-2H,(H,3,4,5);3*1-2H;12*1-2H3;1H,(H,2,3,4,5). The molecule has 12 aromatic rings. The first-order valence-corrected chi connectivity index (χ1v) is 50.9. The molecule has 31 heteroatoms. The van der Waals surface area contributed by atoms with Gasteiger partial charge in [0, 0.05) is 47.9 Å². The first-order chi connectivity index (χ1) is 62.8. The molecule has 12 rings (SSSR count). The average Bonchev–Trinajstić information content (AvgIpc) is 2.11. The molecular formula is C101H226N24O4S3. The second-order valence-electron chi connectivity index (χ2n) is 28.6. The smallest absolute Gasteiger partial charge is 0.213 e. The Labute approximate surface area is 832 Å². The number of hydrogen-bond acceptors (Lipinski definition) is 26. The van der Waals surface area contributed by atoms with E-state index >= 15 is 0 Å². The van der Waals surface area contributed by atoms with Gasteiger partial charge in [-0.05, 0) is 112 Å². The summed E-state index contributed by atoms with van der Waals surface area (Å²) >= 11 is 4.42. The highest BCUT2D eigenvalue weighted by molar-refractivity contribution is 7.07. The van der Waals surface area contributed by atoms with Gasteiger partial charge in [-0.15, -0.1) is 31.7 Å². The number of aromatic amines is 5. The van der Waals surface area contributed by atoms with Gasteiger partial charge in [0.25, 0.3) is 0 Å². The van der Waals surface area contributed by atoms with E-state index in [1.54, 1.807) is 96.7 Å². The number of rotatable bonds is 0.